The number of hydrogen-bond acceptors (Lipinski definition) is 0. The fourth-order valence-electron chi connectivity index (χ4n) is 4.19. The van der Waals surface area contributed by atoms with Crippen LogP contribution < -0.4 is 15.9 Å². The minimum absolute atomic E-state index is 1.02. The molecule has 0 saturated heterocycles. The van der Waals surface area contributed by atoms with Crippen molar-refractivity contribution in [2.75, 3.05) is 0 Å². The Balaban J connectivity index is 2.07. The standard InChI is InChI=1S/C27H25P/c1-2-24-16-12-13-21-27(24)28(25-17-8-4-9-18-25,26-19-10-5-11-20-26)22-23-14-6-3-7-15-23/h2-21,28H,1,22H2. The van der Waals surface area contributed by atoms with Gasteiger partial charge in [-0.2, -0.15) is 0 Å². The van der Waals surface area contributed by atoms with Crippen LogP contribution in [0.1, 0.15) is 11.1 Å². The first-order valence-electron chi connectivity index (χ1n) is 9.71. The molecule has 0 atom stereocenters. The fraction of sp³-hybridized carbons (Fsp3) is 0.0370. The molecule has 138 valence electrons. The van der Waals surface area contributed by atoms with Crippen LogP contribution >= 0.6 is 7.26 Å². The molecule has 0 aromatic heterocycles. The summed E-state index contributed by atoms with van der Waals surface area (Å²) in [5.41, 5.74) is 2.61. The molecule has 0 fully saturated rings. The Morgan fingerprint density at radius 2 is 1.04 bits per heavy atom. The summed E-state index contributed by atoms with van der Waals surface area (Å²) >= 11 is 0. The second-order valence-corrected chi connectivity index (χ2v) is 10.9. The first kappa shape index (κ1) is 18.4. The second-order valence-electron chi connectivity index (χ2n) is 7.09. The normalized spacial score (nSPS) is 11.7. The average molecular weight is 380 g/mol. The van der Waals surface area contributed by atoms with Crippen molar-refractivity contribution in [1.29, 1.82) is 0 Å². The summed E-state index contributed by atoms with van der Waals surface area (Å²) in [7, 11) is -2.30. The zero-order chi connectivity index (χ0) is 19.2. The van der Waals surface area contributed by atoms with Crippen molar-refractivity contribution in [3.8, 4) is 0 Å². The first-order chi connectivity index (χ1) is 13.8. The third-order valence-electron chi connectivity index (χ3n) is 5.49. The van der Waals surface area contributed by atoms with Gasteiger partial charge in [0.1, 0.15) is 0 Å². The van der Waals surface area contributed by atoms with Crippen molar-refractivity contribution in [3.63, 3.8) is 0 Å². The molecule has 0 N–H and O–H groups in total. The van der Waals surface area contributed by atoms with E-state index in [4.69, 9.17) is 0 Å². The molecule has 4 aromatic carbocycles. The van der Waals surface area contributed by atoms with Gasteiger partial charge in [0.25, 0.3) is 0 Å². The van der Waals surface area contributed by atoms with E-state index in [0.717, 1.165) is 6.16 Å². The predicted molar refractivity (Wildman–Crippen MR) is 127 cm³/mol. The van der Waals surface area contributed by atoms with Gasteiger partial charge in [-0.1, -0.05) is 0 Å². The monoisotopic (exact) mass is 380 g/mol. The molecule has 0 nitrogen and oxygen atoms in total. The Labute approximate surface area is 168 Å². The summed E-state index contributed by atoms with van der Waals surface area (Å²) in [6.07, 6.45) is 3.03. The van der Waals surface area contributed by atoms with Crippen molar-refractivity contribution in [2.45, 2.75) is 6.16 Å². The zero-order valence-electron chi connectivity index (χ0n) is 16.0. The van der Waals surface area contributed by atoms with Gasteiger partial charge in [-0.05, 0) is 0 Å². The van der Waals surface area contributed by atoms with Crippen LogP contribution in [0.2, 0.25) is 0 Å². The number of benzene rings is 4. The van der Waals surface area contributed by atoms with Crippen LogP contribution in [-0.2, 0) is 6.16 Å². The quantitative estimate of drug-likeness (QED) is 0.384. The van der Waals surface area contributed by atoms with Crippen LogP contribution in [0.4, 0.5) is 0 Å². The summed E-state index contributed by atoms with van der Waals surface area (Å²) in [5, 5.41) is 4.28. The molecule has 1 heteroatoms. The SMILES string of the molecule is C=Cc1ccccc1[PH](Cc1ccccc1)(c1ccccc1)c1ccccc1. The minimum atomic E-state index is -2.30. The third kappa shape index (κ3) is 3.44. The van der Waals surface area contributed by atoms with Gasteiger partial charge in [0, 0.05) is 0 Å². The van der Waals surface area contributed by atoms with E-state index in [9.17, 15) is 0 Å². The van der Waals surface area contributed by atoms with Crippen molar-refractivity contribution in [3.05, 3.63) is 133 Å². The van der Waals surface area contributed by atoms with Gasteiger partial charge in [-0.25, -0.2) is 0 Å². The van der Waals surface area contributed by atoms with Crippen molar-refractivity contribution >= 4 is 29.3 Å². The predicted octanol–water partition coefficient (Wildman–Crippen LogP) is 5.56. The van der Waals surface area contributed by atoms with E-state index in [-0.39, 0.29) is 0 Å². The van der Waals surface area contributed by atoms with Gasteiger partial charge in [-0.15, -0.1) is 0 Å². The van der Waals surface area contributed by atoms with E-state index in [2.05, 4.69) is 122 Å². The molecular formula is C27H25P. The molecule has 0 aliphatic heterocycles. The van der Waals surface area contributed by atoms with Crippen LogP contribution in [0.15, 0.2) is 122 Å². The van der Waals surface area contributed by atoms with Gasteiger partial charge in [0.05, 0.1) is 0 Å². The summed E-state index contributed by atoms with van der Waals surface area (Å²) in [6, 6.07) is 41.8. The molecule has 0 radical (unpaired) electrons. The van der Waals surface area contributed by atoms with Crippen molar-refractivity contribution < 1.29 is 0 Å². The Hall–Kier alpha value is -2.95. The van der Waals surface area contributed by atoms with Crippen molar-refractivity contribution in [2.24, 2.45) is 0 Å². The Kier molecular flexibility index (Phi) is 5.51. The molecule has 4 aromatic rings. The maximum atomic E-state index is 4.12. The van der Waals surface area contributed by atoms with Crippen LogP contribution in [0.25, 0.3) is 6.08 Å². The van der Waals surface area contributed by atoms with Gasteiger partial charge in [-0.3, -0.25) is 0 Å². The van der Waals surface area contributed by atoms with Crippen LogP contribution in [0, 0.1) is 0 Å². The summed E-state index contributed by atoms with van der Waals surface area (Å²) in [4.78, 5) is 0. The van der Waals surface area contributed by atoms with Gasteiger partial charge in [0.2, 0.25) is 0 Å². The van der Waals surface area contributed by atoms with Crippen molar-refractivity contribution in [1.82, 2.24) is 0 Å². The Bertz CT molecular complexity index is 998. The Morgan fingerprint density at radius 3 is 1.57 bits per heavy atom. The zero-order valence-corrected chi connectivity index (χ0v) is 17.0. The van der Waals surface area contributed by atoms with E-state index in [1.807, 2.05) is 6.08 Å². The topological polar surface area (TPSA) is 0 Å². The summed E-state index contributed by atoms with van der Waals surface area (Å²) in [6.45, 7) is 4.12. The maximum absolute atomic E-state index is 4.12. The van der Waals surface area contributed by atoms with Crippen LogP contribution in [0.3, 0.4) is 0 Å². The van der Waals surface area contributed by atoms with Crippen LogP contribution in [-0.4, -0.2) is 0 Å². The average Bonchev–Trinajstić information content (AvgIpc) is 2.79. The number of hydrogen-bond donors (Lipinski definition) is 0. The third-order valence-corrected chi connectivity index (χ3v) is 10.4. The molecular weight excluding hydrogens is 355 g/mol. The molecule has 0 unspecified atom stereocenters. The molecule has 0 amide bonds. The van der Waals surface area contributed by atoms with E-state index >= 15 is 0 Å². The van der Waals surface area contributed by atoms with E-state index in [1.54, 1.807) is 0 Å². The molecule has 4 rings (SSSR count). The summed E-state index contributed by atoms with van der Waals surface area (Å²) in [5.74, 6) is 0. The second kappa shape index (κ2) is 8.38. The van der Waals surface area contributed by atoms with E-state index in [1.165, 1.54) is 27.0 Å². The van der Waals surface area contributed by atoms with Gasteiger partial charge >= 0.3 is 168 Å². The van der Waals surface area contributed by atoms with Gasteiger partial charge in [0.15, 0.2) is 0 Å². The summed E-state index contributed by atoms with van der Waals surface area (Å²) < 4.78 is 0. The number of rotatable bonds is 6. The molecule has 0 aliphatic rings. The molecule has 0 spiro atoms. The molecule has 0 bridgehead atoms. The first-order valence-corrected chi connectivity index (χ1v) is 11.9. The molecule has 0 heterocycles. The molecule has 0 saturated carbocycles. The molecule has 0 aliphatic carbocycles. The van der Waals surface area contributed by atoms with E-state index in [0.29, 0.717) is 0 Å². The Morgan fingerprint density at radius 1 is 0.571 bits per heavy atom. The van der Waals surface area contributed by atoms with E-state index < -0.39 is 7.26 Å². The van der Waals surface area contributed by atoms with Gasteiger partial charge < -0.3 is 0 Å². The van der Waals surface area contributed by atoms with Crippen LogP contribution in [0.5, 0.6) is 0 Å². The molecule has 28 heavy (non-hydrogen) atoms. The fourth-order valence-corrected chi connectivity index (χ4v) is 9.17.